The van der Waals surface area contributed by atoms with E-state index in [2.05, 4.69) is 183 Å². The Bertz CT molecular complexity index is 2970. The molecular formula is C54H38N4. The van der Waals surface area contributed by atoms with Crippen LogP contribution in [0.25, 0.3) is 67.4 Å². The van der Waals surface area contributed by atoms with Crippen molar-refractivity contribution in [2.75, 3.05) is 0 Å². The van der Waals surface area contributed by atoms with Gasteiger partial charge in [-0.05, 0) is 73.8 Å². The zero-order chi connectivity index (χ0) is 38.8. The lowest BCUT2D eigenvalue weighted by Gasteiger charge is -2.46. The molecule has 0 fully saturated rings. The third-order valence-corrected chi connectivity index (χ3v) is 12.4. The number of nitrogens with zero attached hydrogens (tertiary/aromatic N) is 4. The summed E-state index contributed by atoms with van der Waals surface area (Å²) in [4.78, 5) is 10.1. The molecule has 9 aromatic rings. The second-order valence-electron chi connectivity index (χ2n) is 15.8. The molecule has 4 nitrogen and oxygen atoms in total. The van der Waals surface area contributed by atoms with Gasteiger partial charge in [0.25, 0.3) is 0 Å². The first kappa shape index (κ1) is 34.0. The molecule has 0 saturated carbocycles. The first-order valence-corrected chi connectivity index (χ1v) is 19.9. The predicted octanol–water partition coefficient (Wildman–Crippen LogP) is 12.6. The monoisotopic (exact) mass is 742 g/mol. The highest BCUT2D eigenvalue weighted by atomic mass is 15.2. The minimum absolute atomic E-state index is 0.173. The molecule has 0 N–H and O–H groups in total. The molecule has 11 rings (SSSR count). The highest BCUT2D eigenvalue weighted by Gasteiger charge is 2.53. The van der Waals surface area contributed by atoms with Crippen LogP contribution in [0.2, 0.25) is 0 Å². The van der Waals surface area contributed by atoms with Crippen LogP contribution in [-0.2, 0) is 10.8 Å². The molecule has 58 heavy (non-hydrogen) atoms. The lowest BCUT2D eigenvalue weighted by Crippen LogP contribution is -2.40. The molecule has 0 amide bonds. The average molecular weight is 743 g/mol. The molecule has 274 valence electrons. The van der Waals surface area contributed by atoms with Gasteiger partial charge in [0, 0.05) is 33.9 Å². The van der Waals surface area contributed by atoms with Gasteiger partial charge < -0.3 is 0 Å². The molecule has 2 aromatic heterocycles. The highest BCUT2D eigenvalue weighted by Crippen LogP contribution is 2.62. The van der Waals surface area contributed by atoms with E-state index in [1.807, 2.05) is 30.5 Å². The third-order valence-electron chi connectivity index (χ3n) is 12.4. The van der Waals surface area contributed by atoms with Crippen molar-refractivity contribution in [1.29, 1.82) is 0 Å². The van der Waals surface area contributed by atoms with Crippen LogP contribution in [0, 0.1) is 0 Å². The van der Waals surface area contributed by atoms with Gasteiger partial charge in [-0.3, -0.25) is 4.98 Å². The zero-order valence-corrected chi connectivity index (χ0v) is 32.3. The van der Waals surface area contributed by atoms with E-state index >= 15 is 0 Å². The van der Waals surface area contributed by atoms with Crippen molar-refractivity contribution >= 4 is 0 Å². The molecule has 0 aliphatic heterocycles. The Balaban J connectivity index is 1.14. The number of pyridine rings is 1. The average Bonchev–Trinajstić information content (AvgIpc) is 3.59. The Hall–Kier alpha value is -7.30. The van der Waals surface area contributed by atoms with Crippen LogP contribution in [0.4, 0.5) is 0 Å². The summed E-state index contributed by atoms with van der Waals surface area (Å²) in [7, 11) is 0. The summed E-state index contributed by atoms with van der Waals surface area (Å²) >= 11 is 0. The molecule has 4 heteroatoms. The van der Waals surface area contributed by atoms with Crippen LogP contribution in [0.3, 0.4) is 0 Å². The second-order valence-corrected chi connectivity index (χ2v) is 15.8. The SMILES string of the molecule is CC1(C)c2ccccc2C2(c3ccccc3-c3ccc(-c4nnc(-c5ccc(-c6ccccn6)cc5)c(-c5ccccc5-c5ccccc5)n4)cc32)c2ccccc21. The first-order valence-electron chi connectivity index (χ1n) is 19.9. The molecule has 0 atom stereocenters. The zero-order valence-electron chi connectivity index (χ0n) is 32.3. The van der Waals surface area contributed by atoms with Crippen molar-refractivity contribution in [3.63, 3.8) is 0 Å². The second kappa shape index (κ2) is 13.1. The maximum Gasteiger partial charge on any atom is 0.182 e. The number of benzene rings is 7. The van der Waals surface area contributed by atoms with Gasteiger partial charge in [-0.25, -0.2) is 4.98 Å². The molecule has 2 aliphatic carbocycles. The summed E-state index contributed by atoms with van der Waals surface area (Å²) in [5.74, 6) is 0.582. The molecule has 7 aromatic carbocycles. The lowest BCUT2D eigenvalue weighted by atomic mass is 9.55. The molecule has 0 bridgehead atoms. The van der Waals surface area contributed by atoms with Gasteiger partial charge in [-0.2, -0.15) is 0 Å². The summed E-state index contributed by atoms with van der Waals surface area (Å²) in [6.45, 7) is 4.72. The summed E-state index contributed by atoms with van der Waals surface area (Å²) < 4.78 is 0. The van der Waals surface area contributed by atoms with Gasteiger partial charge in [0.2, 0.25) is 0 Å². The number of rotatable bonds is 5. The van der Waals surface area contributed by atoms with E-state index < -0.39 is 5.41 Å². The molecule has 1 spiro atoms. The summed E-state index contributed by atoms with van der Waals surface area (Å²) in [6.07, 6.45) is 1.82. The quantitative estimate of drug-likeness (QED) is 0.176. The van der Waals surface area contributed by atoms with E-state index in [0.29, 0.717) is 5.82 Å². The van der Waals surface area contributed by atoms with Gasteiger partial charge in [-0.15, -0.1) is 10.2 Å². The fraction of sp³-hybridized carbons (Fsp3) is 0.0741. The van der Waals surface area contributed by atoms with Crippen molar-refractivity contribution in [2.45, 2.75) is 24.7 Å². The largest absolute Gasteiger partial charge is 0.256 e. The van der Waals surface area contributed by atoms with Gasteiger partial charge in [0.1, 0.15) is 11.4 Å². The maximum absolute atomic E-state index is 5.49. The van der Waals surface area contributed by atoms with Crippen molar-refractivity contribution in [1.82, 2.24) is 20.2 Å². The Morgan fingerprint density at radius 2 is 0.914 bits per heavy atom. The summed E-state index contributed by atoms with van der Waals surface area (Å²) in [5, 5.41) is 9.98. The maximum atomic E-state index is 5.49. The summed E-state index contributed by atoms with van der Waals surface area (Å²) in [5.41, 5.74) is 18.2. The molecule has 2 heterocycles. The van der Waals surface area contributed by atoms with Crippen LogP contribution >= 0.6 is 0 Å². The number of hydrogen-bond donors (Lipinski definition) is 0. The molecule has 0 unspecified atom stereocenters. The number of aromatic nitrogens is 4. The van der Waals surface area contributed by atoms with Crippen molar-refractivity contribution in [2.24, 2.45) is 0 Å². The van der Waals surface area contributed by atoms with Crippen molar-refractivity contribution in [3.8, 4) is 67.4 Å². The minimum atomic E-state index is -0.518. The van der Waals surface area contributed by atoms with Crippen molar-refractivity contribution < 1.29 is 0 Å². The Morgan fingerprint density at radius 1 is 0.362 bits per heavy atom. The topological polar surface area (TPSA) is 51.6 Å². The lowest BCUT2D eigenvalue weighted by molar-refractivity contribution is 0.563. The molecule has 0 saturated heterocycles. The molecule has 2 aliphatic rings. The van der Waals surface area contributed by atoms with Crippen LogP contribution in [-0.4, -0.2) is 20.2 Å². The normalized spacial score (nSPS) is 14.0. The number of hydrogen-bond acceptors (Lipinski definition) is 4. The van der Waals surface area contributed by atoms with Gasteiger partial charge in [0.05, 0.1) is 11.1 Å². The Kier molecular flexibility index (Phi) is 7.70. The Labute approximate surface area is 338 Å². The first-order chi connectivity index (χ1) is 28.5. The third kappa shape index (κ3) is 5.01. The van der Waals surface area contributed by atoms with Crippen molar-refractivity contribution in [3.05, 3.63) is 228 Å². The molecular weight excluding hydrogens is 705 g/mol. The smallest absolute Gasteiger partial charge is 0.182 e. The van der Waals surface area contributed by atoms with E-state index in [9.17, 15) is 0 Å². The fourth-order valence-electron chi connectivity index (χ4n) is 9.72. The van der Waals surface area contributed by atoms with E-state index in [1.165, 1.54) is 44.5 Å². The summed E-state index contributed by atoms with van der Waals surface area (Å²) in [6, 6.07) is 67.1. The number of fused-ring (bicyclic) bond motifs is 9. The van der Waals surface area contributed by atoms with Gasteiger partial charge in [-0.1, -0.05) is 184 Å². The van der Waals surface area contributed by atoms with E-state index in [1.54, 1.807) is 0 Å². The van der Waals surface area contributed by atoms with E-state index in [4.69, 9.17) is 15.2 Å². The van der Waals surface area contributed by atoms with Gasteiger partial charge >= 0.3 is 0 Å². The minimum Gasteiger partial charge on any atom is -0.256 e. The fourth-order valence-corrected chi connectivity index (χ4v) is 9.72. The predicted molar refractivity (Wildman–Crippen MR) is 234 cm³/mol. The van der Waals surface area contributed by atoms with Crippen LogP contribution in [0.1, 0.15) is 47.2 Å². The molecule has 0 radical (unpaired) electrons. The Morgan fingerprint density at radius 3 is 1.60 bits per heavy atom. The standard InChI is InChI=1S/C54H38N4/c1-53(2)44-22-10-12-24-46(44)54(47-25-13-11-23-45(47)53)43-21-9-8-19-40(43)41-32-31-38(34-48(41)54)52-56-51(42-20-7-6-18-39(42)35-16-4-3-5-17-35)50(57-58-52)37-29-27-36(28-30-37)49-26-14-15-33-55-49/h3-34H,1-2H3. The van der Waals surface area contributed by atoms with E-state index in [-0.39, 0.29) is 5.41 Å². The highest BCUT2D eigenvalue weighted by molar-refractivity contribution is 5.91. The van der Waals surface area contributed by atoms with Crippen LogP contribution in [0.5, 0.6) is 0 Å². The van der Waals surface area contributed by atoms with Crippen LogP contribution < -0.4 is 0 Å². The van der Waals surface area contributed by atoms with E-state index in [0.717, 1.165) is 50.5 Å². The van der Waals surface area contributed by atoms with Gasteiger partial charge in [0.15, 0.2) is 5.82 Å². The van der Waals surface area contributed by atoms with Crippen LogP contribution in [0.15, 0.2) is 194 Å².